The Labute approximate surface area is 242 Å². The first-order valence-corrected chi connectivity index (χ1v) is 14.1. The molecule has 10 nitrogen and oxygen atoms in total. The Morgan fingerprint density at radius 2 is 2.05 bits per heavy atom. The number of carbonyl (C=O) groups is 2. The van der Waals surface area contributed by atoms with Gasteiger partial charge in [-0.1, -0.05) is 29.8 Å². The van der Waals surface area contributed by atoms with E-state index in [-0.39, 0.29) is 47.8 Å². The van der Waals surface area contributed by atoms with Crippen molar-refractivity contribution >= 4 is 35.3 Å². The van der Waals surface area contributed by atoms with E-state index in [0.717, 1.165) is 18.4 Å². The molecule has 12 heteroatoms. The Balaban J connectivity index is 1.30. The second-order valence-corrected chi connectivity index (χ2v) is 11.5. The van der Waals surface area contributed by atoms with Crippen molar-refractivity contribution in [3.63, 3.8) is 0 Å². The summed E-state index contributed by atoms with van der Waals surface area (Å²) < 4.78 is 15.5. The number of halogens is 2. The molecule has 2 atom stereocenters. The second kappa shape index (κ2) is 10.5. The number of aromatic nitrogens is 3. The molecule has 3 amide bonds. The minimum Gasteiger partial charge on any atom is -0.394 e. The van der Waals surface area contributed by atoms with Crippen LogP contribution in [0.15, 0.2) is 42.7 Å². The Morgan fingerprint density at radius 1 is 1.24 bits per heavy atom. The van der Waals surface area contributed by atoms with Crippen LogP contribution >= 0.6 is 11.6 Å². The molecule has 2 aromatic heterocycles. The molecule has 0 bridgehead atoms. The van der Waals surface area contributed by atoms with E-state index in [1.54, 1.807) is 39.1 Å². The van der Waals surface area contributed by atoms with Gasteiger partial charge in [-0.2, -0.15) is 0 Å². The fourth-order valence-electron chi connectivity index (χ4n) is 6.08. The van der Waals surface area contributed by atoms with Crippen molar-refractivity contribution < 1.29 is 19.1 Å². The number of fused-ring (bicyclic) bond motifs is 1. The molecule has 214 valence electrons. The maximum absolute atomic E-state index is 15.5. The van der Waals surface area contributed by atoms with Crippen LogP contribution in [0.2, 0.25) is 5.02 Å². The fraction of sp³-hybridized carbons (Fsp3) is 0.414. The maximum atomic E-state index is 15.5. The Kier molecular flexibility index (Phi) is 7.03. The number of pyridine rings is 1. The highest BCUT2D eigenvalue weighted by Gasteiger charge is 2.46. The van der Waals surface area contributed by atoms with Crippen molar-refractivity contribution in [1.82, 2.24) is 24.8 Å². The first-order valence-electron chi connectivity index (χ1n) is 13.7. The summed E-state index contributed by atoms with van der Waals surface area (Å²) in [5, 5.41) is 12.8. The number of carbonyl (C=O) groups excluding carboxylic acids is 2. The predicted molar refractivity (Wildman–Crippen MR) is 152 cm³/mol. The molecule has 0 radical (unpaired) electrons. The van der Waals surface area contributed by atoms with Gasteiger partial charge < -0.3 is 20.2 Å². The minimum absolute atomic E-state index is 0.0178. The van der Waals surface area contributed by atoms with E-state index in [1.165, 1.54) is 12.3 Å². The Hall–Kier alpha value is -3.83. The fourth-order valence-corrected chi connectivity index (χ4v) is 6.25. The molecule has 2 N–H and O–H groups in total. The molecule has 0 spiro atoms. The number of nitrogens with one attached hydrogen (secondary N) is 1. The van der Waals surface area contributed by atoms with Crippen LogP contribution in [-0.4, -0.2) is 86.7 Å². The summed E-state index contributed by atoms with van der Waals surface area (Å²) in [4.78, 5) is 45.3. The number of hydrogen-bond donors (Lipinski definition) is 2. The summed E-state index contributed by atoms with van der Waals surface area (Å²) in [6, 6.07) is 8.19. The van der Waals surface area contributed by atoms with Crippen molar-refractivity contribution in [3.8, 4) is 0 Å². The maximum Gasteiger partial charge on any atom is 0.320 e. The van der Waals surface area contributed by atoms with Gasteiger partial charge in [0.15, 0.2) is 0 Å². The standard InChI is InChI=1S/C29H31ClFN7O3/c1-17-6-4-10-32-25(17)38-16-29(2,21-8-3-9-22(30)23(21)31)24-20(26(38)40)12-33-27(35-24)34-18-13-36(14-18)28(41)37-11-5-7-19(37)15-39/h3-4,6,8-10,12,18-19,39H,5,7,11,13-16H2,1-2H3,(H,33,34,35)/t19-,29-/m1/s1. The van der Waals surface area contributed by atoms with Crippen molar-refractivity contribution in [1.29, 1.82) is 0 Å². The number of amides is 3. The number of aryl methyl sites for hydroxylation is 1. The number of benzene rings is 1. The van der Waals surface area contributed by atoms with Crippen LogP contribution in [0.5, 0.6) is 0 Å². The molecule has 2 saturated heterocycles. The van der Waals surface area contributed by atoms with Gasteiger partial charge in [0.25, 0.3) is 5.91 Å². The van der Waals surface area contributed by atoms with Gasteiger partial charge in [-0.05, 0) is 44.4 Å². The Morgan fingerprint density at radius 3 is 2.80 bits per heavy atom. The summed E-state index contributed by atoms with van der Waals surface area (Å²) in [5.41, 5.74) is 0.689. The van der Waals surface area contributed by atoms with Gasteiger partial charge in [-0.3, -0.25) is 9.69 Å². The highest BCUT2D eigenvalue weighted by atomic mass is 35.5. The summed E-state index contributed by atoms with van der Waals surface area (Å²) in [6.45, 7) is 5.33. The zero-order valence-corrected chi connectivity index (χ0v) is 23.6. The lowest BCUT2D eigenvalue weighted by atomic mass is 9.74. The van der Waals surface area contributed by atoms with Gasteiger partial charge in [0.2, 0.25) is 5.95 Å². The van der Waals surface area contributed by atoms with Crippen LogP contribution in [0, 0.1) is 12.7 Å². The topological polar surface area (TPSA) is 115 Å². The third-order valence-corrected chi connectivity index (χ3v) is 8.66. The molecular weight excluding hydrogens is 549 g/mol. The lowest BCUT2D eigenvalue weighted by molar-refractivity contribution is 0.0966. The Bertz CT molecular complexity index is 1520. The smallest absolute Gasteiger partial charge is 0.320 e. The molecule has 2 fully saturated rings. The summed E-state index contributed by atoms with van der Waals surface area (Å²) in [6.07, 6.45) is 4.78. The zero-order chi connectivity index (χ0) is 28.9. The van der Waals surface area contributed by atoms with Crippen LogP contribution in [-0.2, 0) is 5.41 Å². The molecule has 3 aromatic rings. The molecule has 0 aliphatic carbocycles. The van der Waals surface area contributed by atoms with Crippen molar-refractivity contribution in [2.45, 2.75) is 44.2 Å². The monoisotopic (exact) mass is 579 g/mol. The molecule has 1 aromatic carbocycles. The minimum atomic E-state index is -1.07. The number of hydrogen-bond acceptors (Lipinski definition) is 7. The molecule has 41 heavy (non-hydrogen) atoms. The van der Waals surface area contributed by atoms with E-state index in [1.807, 2.05) is 19.9 Å². The highest BCUT2D eigenvalue weighted by Crippen LogP contribution is 2.42. The molecular formula is C29H31ClFN7O3. The first-order chi connectivity index (χ1) is 19.7. The average Bonchev–Trinajstić information content (AvgIpc) is 3.43. The predicted octanol–water partition coefficient (Wildman–Crippen LogP) is 3.61. The van der Waals surface area contributed by atoms with Crippen LogP contribution in [0.1, 0.15) is 46.9 Å². The largest absolute Gasteiger partial charge is 0.394 e. The molecule has 3 aliphatic heterocycles. The third kappa shape index (κ3) is 4.66. The molecule has 3 aliphatic rings. The van der Waals surface area contributed by atoms with E-state index in [9.17, 15) is 14.7 Å². The average molecular weight is 580 g/mol. The van der Waals surface area contributed by atoms with Crippen molar-refractivity contribution in [2.24, 2.45) is 0 Å². The van der Waals surface area contributed by atoms with E-state index < -0.39 is 11.2 Å². The lowest BCUT2D eigenvalue weighted by Crippen LogP contribution is -2.61. The van der Waals surface area contributed by atoms with Gasteiger partial charge in [0.1, 0.15) is 11.6 Å². The number of rotatable bonds is 5. The van der Waals surface area contributed by atoms with Crippen LogP contribution in [0.4, 0.5) is 21.0 Å². The van der Waals surface area contributed by atoms with Crippen LogP contribution < -0.4 is 10.2 Å². The number of aliphatic hydroxyl groups is 1. The summed E-state index contributed by atoms with van der Waals surface area (Å²) in [7, 11) is 0. The van der Waals surface area contributed by atoms with Gasteiger partial charge >= 0.3 is 6.03 Å². The van der Waals surface area contributed by atoms with E-state index >= 15 is 4.39 Å². The highest BCUT2D eigenvalue weighted by molar-refractivity contribution is 6.30. The zero-order valence-electron chi connectivity index (χ0n) is 22.8. The van der Waals surface area contributed by atoms with Crippen LogP contribution in [0.25, 0.3) is 0 Å². The second-order valence-electron chi connectivity index (χ2n) is 11.1. The summed E-state index contributed by atoms with van der Waals surface area (Å²) in [5.74, 6) is -0.115. The van der Waals surface area contributed by atoms with Gasteiger partial charge in [0, 0.05) is 44.1 Å². The quantitative estimate of drug-likeness (QED) is 0.474. The number of likely N-dealkylation sites (tertiary alicyclic amines) is 2. The number of anilines is 2. The van der Waals surface area contributed by atoms with Crippen LogP contribution in [0.3, 0.4) is 0 Å². The number of urea groups is 1. The van der Waals surface area contributed by atoms with E-state index in [0.29, 0.717) is 42.7 Å². The normalized spacial score (nSPS) is 22.5. The SMILES string of the molecule is Cc1cccnc1N1C[C@](C)(c2cccc(Cl)c2F)c2nc(NC3CN(C(=O)N4CCC[C@@H]4CO)C3)ncc2C1=O. The first kappa shape index (κ1) is 27.3. The van der Waals surface area contributed by atoms with Crippen molar-refractivity contribution in [3.05, 3.63) is 75.9 Å². The van der Waals surface area contributed by atoms with Gasteiger partial charge in [-0.15, -0.1) is 0 Å². The molecule has 0 unspecified atom stereocenters. The van der Waals surface area contributed by atoms with Gasteiger partial charge in [0.05, 0.1) is 40.4 Å². The van der Waals surface area contributed by atoms with E-state index in [4.69, 9.17) is 16.6 Å². The molecule has 6 rings (SSSR count). The molecule has 0 saturated carbocycles. The van der Waals surface area contributed by atoms with Gasteiger partial charge in [-0.25, -0.2) is 24.1 Å². The van der Waals surface area contributed by atoms with Crippen molar-refractivity contribution in [2.75, 3.05) is 43.0 Å². The summed E-state index contributed by atoms with van der Waals surface area (Å²) >= 11 is 6.20. The van der Waals surface area contributed by atoms with E-state index in [2.05, 4.69) is 15.3 Å². The lowest BCUT2D eigenvalue weighted by Gasteiger charge is -2.43. The molecule has 5 heterocycles. The third-order valence-electron chi connectivity index (χ3n) is 8.36. The number of nitrogens with zero attached hydrogens (tertiary/aromatic N) is 6. The number of aliphatic hydroxyl groups excluding tert-OH is 1.